The minimum atomic E-state index is -0.466. The van der Waals surface area contributed by atoms with Gasteiger partial charge in [0.25, 0.3) is 5.56 Å². The molecule has 0 bridgehead atoms. The predicted octanol–water partition coefficient (Wildman–Crippen LogP) is 2.66. The number of benzene rings is 1. The summed E-state index contributed by atoms with van der Waals surface area (Å²) in [4.78, 5) is 11.3. The molecule has 21 heavy (non-hydrogen) atoms. The summed E-state index contributed by atoms with van der Waals surface area (Å²) in [5, 5.41) is 9.91. The number of halogens is 1. The molecule has 110 valence electrons. The van der Waals surface area contributed by atoms with E-state index >= 15 is 0 Å². The van der Waals surface area contributed by atoms with Gasteiger partial charge in [0.2, 0.25) is 0 Å². The van der Waals surface area contributed by atoms with E-state index in [2.05, 4.69) is 27.6 Å². The molecule has 1 heterocycles. The topological polar surface area (TPSA) is 79.4 Å². The first kappa shape index (κ1) is 15.1. The van der Waals surface area contributed by atoms with Gasteiger partial charge in [-0.3, -0.25) is 10.2 Å². The van der Waals surface area contributed by atoms with Crippen LogP contribution in [0.1, 0.15) is 18.9 Å². The second-order valence-corrected chi connectivity index (χ2v) is 4.60. The summed E-state index contributed by atoms with van der Waals surface area (Å²) in [7, 11) is 0. The summed E-state index contributed by atoms with van der Waals surface area (Å²) < 4.78 is 5.54. The summed E-state index contributed by atoms with van der Waals surface area (Å²) in [5.41, 5.74) is 3.42. The number of H-pyrrole nitrogens is 1. The highest BCUT2D eigenvalue weighted by molar-refractivity contribution is 6.32. The summed E-state index contributed by atoms with van der Waals surface area (Å²) in [6.07, 6.45) is 3.95. The van der Waals surface area contributed by atoms with Crippen molar-refractivity contribution in [3.05, 3.63) is 51.4 Å². The standard InChI is InChI=1S/C14H15ClN4O2/c1-2-6-21-11-5-3-4-10(7-11)8-16-18-12-9-17-19-14(20)13(12)15/h3-5,7-9H,2,6H2,1H3,(H2,18,19,20)/b16-8+. The Morgan fingerprint density at radius 3 is 3.19 bits per heavy atom. The lowest BCUT2D eigenvalue weighted by Gasteiger charge is -2.04. The molecule has 7 heteroatoms. The summed E-state index contributed by atoms with van der Waals surface area (Å²) in [5.74, 6) is 0.789. The van der Waals surface area contributed by atoms with Gasteiger partial charge in [0.15, 0.2) is 0 Å². The fourth-order valence-electron chi connectivity index (χ4n) is 1.54. The molecule has 2 N–H and O–H groups in total. The van der Waals surface area contributed by atoms with Crippen LogP contribution < -0.4 is 15.7 Å². The molecule has 1 aromatic heterocycles. The van der Waals surface area contributed by atoms with Gasteiger partial charge in [0.1, 0.15) is 16.5 Å². The van der Waals surface area contributed by atoms with Crippen LogP contribution in [0.4, 0.5) is 5.69 Å². The van der Waals surface area contributed by atoms with Crippen molar-refractivity contribution in [2.45, 2.75) is 13.3 Å². The number of ether oxygens (including phenoxy) is 1. The first-order chi connectivity index (χ1) is 10.2. The molecule has 6 nitrogen and oxygen atoms in total. The number of hydrogen-bond donors (Lipinski definition) is 2. The number of nitrogens with zero attached hydrogens (tertiary/aromatic N) is 2. The van der Waals surface area contributed by atoms with Crippen molar-refractivity contribution in [2.75, 3.05) is 12.0 Å². The quantitative estimate of drug-likeness (QED) is 0.635. The van der Waals surface area contributed by atoms with E-state index in [1.165, 1.54) is 6.20 Å². The predicted molar refractivity (Wildman–Crippen MR) is 83.3 cm³/mol. The molecule has 0 unspecified atom stereocenters. The van der Waals surface area contributed by atoms with Crippen LogP contribution in [0.25, 0.3) is 0 Å². The minimum Gasteiger partial charge on any atom is -0.494 e. The normalized spacial score (nSPS) is 10.8. The molecular weight excluding hydrogens is 292 g/mol. The molecule has 0 spiro atoms. The van der Waals surface area contributed by atoms with E-state index in [0.717, 1.165) is 17.7 Å². The van der Waals surface area contributed by atoms with Crippen molar-refractivity contribution < 1.29 is 4.74 Å². The van der Waals surface area contributed by atoms with E-state index in [1.54, 1.807) is 6.21 Å². The zero-order valence-corrected chi connectivity index (χ0v) is 12.2. The molecule has 0 atom stereocenters. The monoisotopic (exact) mass is 306 g/mol. The van der Waals surface area contributed by atoms with Crippen molar-refractivity contribution in [3.63, 3.8) is 0 Å². The average Bonchev–Trinajstić information content (AvgIpc) is 2.50. The molecule has 0 aliphatic heterocycles. The Hall–Kier alpha value is -2.34. The van der Waals surface area contributed by atoms with Gasteiger partial charge < -0.3 is 4.74 Å². The van der Waals surface area contributed by atoms with Crippen LogP contribution in [-0.2, 0) is 0 Å². The lowest BCUT2D eigenvalue weighted by Crippen LogP contribution is -2.10. The Labute approximate surface area is 126 Å². The number of aromatic amines is 1. The first-order valence-corrected chi connectivity index (χ1v) is 6.83. The lowest BCUT2D eigenvalue weighted by atomic mass is 10.2. The zero-order chi connectivity index (χ0) is 15.1. The van der Waals surface area contributed by atoms with Gasteiger partial charge >= 0.3 is 0 Å². The Bertz CT molecular complexity index is 685. The number of hydrogen-bond acceptors (Lipinski definition) is 5. The Morgan fingerprint density at radius 2 is 2.38 bits per heavy atom. The number of aromatic nitrogens is 2. The van der Waals surface area contributed by atoms with Crippen LogP contribution >= 0.6 is 11.6 Å². The van der Waals surface area contributed by atoms with Crippen LogP contribution in [0.2, 0.25) is 5.02 Å². The van der Waals surface area contributed by atoms with Gasteiger partial charge in [0.05, 0.1) is 19.0 Å². The van der Waals surface area contributed by atoms with Crippen molar-refractivity contribution in [2.24, 2.45) is 5.10 Å². The summed E-state index contributed by atoms with van der Waals surface area (Å²) >= 11 is 5.82. The van der Waals surface area contributed by atoms with Gasteiger partial charge in [-0.25, -0.2) is 5.10 Å². The second kappa shape index (κ2) is 7.44. The van der Waals surface area contributed by atoms with Crippen LogP contribution in [0.15, 0.2) is 40.4 Å². The number of anilines is 1. The molecular formula is C14H15ClN4O2. The average molecular weight is 307 g/mol. The van der Waals surface area contributed by atoms with E-state index in [1.807, 2.05) is 24.3 Å². The fourth-order valence-corrected chi connectivity index (χ4v) is 1.68. The van der Waals surface area contributed by atoms with Gasteiger partial charge in [0, 0.05) is 0 Å². The second-order valence-electron chi connectivity index (χ2n) is 4.22. The Balaban J connectivity index is 2.04. The maximum absolute atomic E-state index is 11.3. The highest BCUT2D eigenvalue weighted by Crippen LogP contribution is 2.15. The van der Waals surface area contributed by atoms with Crippen LogP contribution in [-0.4, -0.2) is 23.0 Å². The SMILES string of the molecule is CCCOc1cccc(/C=N/Nc2cn[nH]c(=O)c2Cl)c1. The summed E-state index contributed by atoms with van der Waals surface area (Å²) in [6.45, 7) is 2.72. The van der Waals surface area contributed by atoms with Crippen LogP contribution in [0.3, 0.4) is 0 Å². The van der Waals surface area contributed by atoms with E-state index < -0.39 is 5.56 Å². The highest BCUT2D eigenvalue weighted by Gasteiger charge is 2.02. The highest BCUT2D eigenvalue weighted by atomic mass is 35.5. The number of hydrazone groups is 1. The van der Waals surface area contributed by atoms with Crippen molar-refractivity contribution in [1.82, 2.24) is 10.2 Å². The molecule has 0 aliphatic carbocycles. The third-order valence-corrected chi connectivity index (χ3v) is 2.90. The smallest absolute Gasteiger partial charge is 0.285 e. The molecule has 0 saturated carbocycles. The van der Waals surface area contributed by atoms with Crippen molar-refractivity contribution >= 4 is 23.5 Å². The molecule has 2 rings (SSSR count). The van der Waals surface area contributed by atoms with Crippen LogP contribution in [0, 0.1) is 0 Å². The lowest BCUT2D eigenvalue weighted by molar-refractivity contribution is 0.317. The maximum atomic E-state index is 11.3. The van der Waals surface area contributed by atoms with Crippen LogP contribution in [0.5, 0.6) is 5.75 Å². The van der Waals surface area contributed by atoms with Crippen molar-refractivity contribution in [3.8, 4) is 5.75 Å². The Morgan fingerprint density at radius 1 is 1.52 bits per heavy atom. The zero-order valence-electron chi connectivity index (χ0n) is 11.5. The molecule has 0 fully saturated rings. The van der Waals surface area contributed by atoms with Gasteiger partial charge in [-0.05, 0) is 24.1 Å². The van der Waals surface area contributed by atoms with Gasteiger partial charge in [-0.2, -0.15) is 10.2 Å². The first-order valence-electron chi connectivity index (χ1n) is 6.46. The molecule has 0 saturated heterocycles. The molecule has 2 aromatic rings. The summed E-state index contributed by atoms with van der Waals surface area (Å²) in [6, 6.07) is 7.53. The van der Waals surface area contributed by atoms with Crippen molar-refractivity contribution in [1.29, 1.82) is 0 Å². The fraction of sp³-hybridized carbons (Fsp3) is 0.214. The third kappa shape index (κ3) is 4.32. The van der Waals surface area contributed by atoms with E-state index in [9.17, 15) is 4.79 Å². The van der Waals surface area contributed by atoms with E-state index in [-0.39, 0.29) is 5.02 Å². The molecule has 0 radical (unpaired) electrons. The third-order valence-electron chi connectivity index (χ3n) is 2.53. The molecule has 0 amide bonds. The van der Waals surface area contributed by atoms with E-state index in [4.69, 9.17) is 16.3 Å². The maximum Gasteiger partial charge on any atom is 0.285 e. The van der Waals surface area contributed by atoms with Gasteiger partial charge in [-0.15, -0.1) is 0 Å². The Kier molecular flexibility index (Phi) is 5.34. The van der Waals surface area contributed by atoms with E-state index in [0.29, 0.717) is 12.3 Å². The number of rotatable bonds is 6. The van der Waals surface area contributed by atoms with Gasteiger partial charge in [-0.1, -0.05) is 30.7 Å². The number of nitrogens with one attached hydrogen (secondary N) is 2. The minimum absolute atomic E-state index is 0.0159. The molecule has 1 aromatic carbocycles. The largest absolute Gasteiger partial charge is 0.494 e. The molecule has 0 aliphatic rings.